The first-order chi connectivity index (χ1) is 10.0. The number of nitrogens with zero attached hydrogens (tertiary/aromatic N) is 1. The van der Waals surface area contributed by atoms with E-state index >= 15 is 0 Å². The van der Waals surface area contributed by atoms with Crippen LogP contribution in [-0.4, -0.2) is 35.7 Å². The molecule has 1 heterocycles. The van der Waals surface area contributed by atoms with Crippen molar-refractivity contribution in [2.45, 2.75) is 58.1 Å². The molecule has 1 aromatic carbocycles. The van der Waals surface area contributed by atoms with Crippen molar-refractivity contribution in [3.8, 4) is 5.75 Å². The van der Waals surface area contributed by atoms with Gasteiger partial charge in [-0.2, -0.15) is 0 Å². The molecule has 2 atom stereocenters. The number of piperidine rings is 1. The molecule has 1 fully saturated rings. The minimum absolute atomic E-state index is 0.235. The first kappa shape index (κ1) is 16.3. The monoisotopic (exact) mass is 291 g/mol. The van der Waals surface area contributed by atoms with Crippen molar-refractivity contribution < 1.29 is 9.84 Å². The van der Waals surface area contributed by atoms with E-state index in [4.69, 9.17) is 4.74 Å². The number of hydrogen-bond acceptors (Lipinski definition) is 3. The van der Waals surface area contributed by atoms with Gasteiger partial charge in [-0.1, -0.05) is 25.0 Å². The van der Waals surface area contributed by atoms with Crippen LogP contribution in [0.5, 0.6) is 5.75 Å². The van der Waals surface area contributed by atoms with Crippen molar-refractivity contribution in [2.24, 2.45) is 0 Å². The molecule has 21 heavy (non-hydrogen) atoms. The third kappa shape index (κ3) is 3.24. The Bertz CT molecular complexity index is 468. The van der Waals surface area contributed by atoms with Crippen LogP contribution in [-0.2, 0) is 0 Å². The number of methoxy groups -OCH3 is 1. The third-order valence-electron chi connectivity index (χ3n) is 5.06. The fourth-order valence-corrected chi connectivity index (χ4v) is 3.40. The molecule has 0 amide bonds. The van der Waals surface area contributed by atoms with Crippen molar-refractivity contribution in [3.63, 3.8) is 0 Å². The van der Waals surface area contributed by atoms with Crippen molar-refractivity contribution in [2.75, 3.05) is 20.2 Å². The first-order valence-electron chi connectivity index (χ1n) is 8.10. The van der Waals surface area contributed by atoms with E-state index in [1.165, 1.54) is 19.3 Å². The fourth-order valence-electron chi connectivity index (χ4n) is 3.40. The fraction of sp³-hybridized carbons (Fsp3) is 0.667. The SMILES string of the molecule is CCC(C)(C(O)c1cc(C)ccc1OC)N1CCCCC1. The average molecular weight is 291 g/mol. The molecule has 2 unspecified atom stereocenters. The number of hydrogen-bond donors (Lipinski definition) is 1. The molecule has 3 nitrogen and oxygen atoms in total. The van der Waals surface area contributed by atoms with Crippen LogP contribution in [0, 0.1) is 6.92 Å². The number of benzene rings is 1. The van der Waals surface area contributed by atoms with E-state index in [1.54, 1.807) is 7.11 Å². The second kappa shape index (κ2) is 6.80. The smallest absolute Gasteiger partial charge is 0.124 e. The van der Waals surface area contributed by atoms with Crippen molar-refractivity contribution in [3.05, 3.63) is 29.3 Å². The van der Waals surface area contributed by atoms with Crippen LogP contribution in [0.1, 0.15) is 56.8 Å². The second-order valence-electron chi connectivity index (χ2n) is 6.41. The van der Waals surface area contributed by atoms with E-state index < -0.39 is 6.10 Å². The molecule has 0 radical (unpaired) electrons. The maximum Gasteiger partial charge on any atom is 0.124 e. The molecule has 0 spiro atoms. The van der Waals surface area contributed by atoms with Gasteiger partial charge in [0.2, 0.25) is 0 Å². The second-order valence-corrected chi connectivity index (χ2v) is 6.41. The van der Waals surface area contributed by atoms with Gasteiger partial charge in [0, 0.05) is 11.1 Å². The third-order valence-corrected chi connectivity index (χ3v) is 5.06. The molecule has 1 N–H and O–H groups in total. The number of aliphatic hydroxyl groups excluding tert-OH is 1. The first-order valence-corrected chi connectivity index (χ1v) is 8.10. The summed E-state index contributed by atoms with van der Waals surface area (Å²) in [6.07, 6.45) is 4.15. The highest BCUT2D eigenvalue weighted by Gasteiger charge is 2.39. The Morgan fingerprint density at radius 3 is 2.52 bits per heavy atom. The van der Waals surface area contributed by atoms with E-state index in [0.29, 0.717) is 0 Å². The van der Waals surface area contributed by atoms with Crippen LogP contribution < -0.4 is 4.74 Å². The topological polar surface area (TPSA) is 32.7 Å². The standard InChI is InChI=1S/C18H29NO2/c1-5-18(3,19-11-7-6-8-12-19)17(20)15-13-14(2)9-10-16(15)21-4/h9-10,13,17,20H,5-8,11-12H2,1-4H3. The lowest BCUT2D eigenvalue weighted by Gasteiger charge is -2.46. The number of aliphatic hydroxyl groups is 1. The Morgan fingerprint density at radius 2 is 1.95 bits per heavy atom. The maximum atomic E-state index is 11.1. The van der Waals surface area contributed by atoms with Gasteiger partial charge in [0.25, 0.3) is 0 Å². The van der Waals surface area contributed by atoms with Crippen molar-refractivity contribution in [1.82, 2.24) is 4.90 Å². The number of likely N-dealkylation sites (tertiary alicyclic amines) is 1. The lowest BCUT2D eigenvalue weighted by atomic mass is 9.83. The molecule has 1 aromatic rings. The average Bonchev–Trinajstić information content (AvgIpc) is 2.54. The molecule has 118 valence electrons. The predicted molar refractivity (Wildman–Crippen MR) is 86.8 cm³/mol. The molecule has 1 aliphatic heterocycles. The summed E-state index contributed by atoms with van der Waals surface area (Å²) in [7, 11) is 1.67. The van der Waals surface area contributed by atoms with E-state index in [2.05, 4.69) is 31.7 Å². The van der Waals surface area contributed by atoms with Gasteiger partial charge in [-0.15, -0.1) is 0 Å². The Kier molecular flexibility index (Phi) is 5.28. The predicted octanol–water partition coefficient (Wildman–Crippen LogP) is 3.69. The minimum atomic E-state index is -0.532. The molecule has 0 aromatic heterocycles. The molecule has 1 aliphatic rings. The largest absolute Gasteiger partial charge is 0.496 e. The number of rotatable bonds is 5. The summed E-state index contributed by atoms with van der Waals surface area (Å²) in [5.74, 6) is 0.782. The minimum Gasteiger partial charge on any atom is -0.496 e. The highest BCUT2D eigenvalue weighted by Crippen LogP contribution is 2.39. The summed E-state index contributed by atoms with van der Waals surface area (Å²) in [4.78, 5) is 2.46. The molecular formula is C18H29NO2. The lowest BCUT2D eigenvalue weighted by molar-refractivity contribution is -0.0361. The Labute approximate surface area is 128 Å². The molecule has 0 bridgehead atoms. The van der Waals surface area contributed by atoms with Gasteiger partial charge >= 0.3 is 0 Å². The number of aryl methyl sites for hydroxylation is 1. The maximum absolute atomic E-state index is 11.1. The van der Waals surface area contributed by atoms with Crippen LogP contribution in [0.25, 0.3) is 0 Å². The van der Waals surface area contributed by atoms with Crippen LogP contribution in [0.2, 0.25) is 0 Å². The normalized spacial score (nSPS) is 20.8. The molecular weight excluding hydrogens is 262 g/mol. The summed E-state index contributed by atoms with van der Waals surface area (Å²) in [6, 6.07) is 6.04. The molecule has 3 heteroatoms. The van der Waals surface area contributed by atoms with Gasteiger partial charge in [-0.25, -0.2) is 0 Å². The van der Waals surface area contributed by atoms with Gasteiger partial charge in [-0.3, -0.25) is 4.90 Å². The highest BCUT2D eigenvalue weighted by atomic mass is 16.5. The summed E-state index contributed by atoms with van der Waals surface area (Å²) in [5, 5.41) is 11.1. The zero-order valence-corrected chi connectivity index (χ0v) is 13.9. The summed E-state index contributed by atoms with van der Waals surface area (Å²) in [6.45, 7) is 8.57. The molecule has 1 saturated heterocycles. The van der Waals surface area contributed by atoms with E-state index in [0.717, 1.165) is 36.4 Å². The zero-order chi connectivity index (χ0) is 15.5. The van der Waals surface area contributed by atoms with Crippen LogP contribution in [0.3, 0.4) is 0 Å². The molecule has 0 saturated carbocycles. The van der Waals surface area contributed by atoms with Gasteiger partial charge in [0.05, 0.1) is 7.11 Å². The summed E-state index contributed by atoms with van der Waals surface area (Å²) in [5.41, 5.74) is 1.83. The van der Waals surface area contributed by atoms with Gasteiger partial charge in [0.1, 0.15) is 11.9 Å². The highest BCUT2D eigenvalue weighted by molar-refractivity contribution is 5.40. The Morgan fingerprint density at radius 1 is 1.29 bits per heavy atom. The van der Waals surface area contributed by atoms with Crippen molar-refractivity contribution in [1.29, 1.82) is 0 Å². The van der Waals surface area contributed by atoms with Crippen molar-refractivity contribution >= 4 is 0 Å². The van der Waals surface area contributed by atoms with E-state index in [9.17, 15) is 5.11 Å². The van der Waals surface area contributed by atoms with Gasteiger partial charge < -0.3 is 9.84 Å². The summed E-state index contributed by atoms with van der Waals surface area (Å²) >= 11 is 0. The van der Waals surface area contributed by atoms with Crippen LogP contribution >= 0.6 is 0 Å². The molecule has 0 aliphatic carbocycles. The quantitative estimate of drug-likeness (QED) is 0.898. The zero-order valence-electron chi connectivity index (χ0n) is 13.9. The Hall–Kier alpha value is -1.06. The Balaban J connectivity index is 2.34. The number of ether oxygens (including phenoxy) is 1. The lowest BCUT2D eigenvalue weighted by Crippen LogP contribution is -2.52. The van der Waals surface area contributed by atoms with Crippen LogP contribution in [0.4, 0.5) is 0 Å². The molecule has 2 rings (SSSR count). The van der Waals surface area contributed by atoms with Gasteiger partial charge in [0.15, 0.2) is 0 Å². The van der Waals surface area contributed by atoms with Crippen LogP contribution in [0.15, 0.2) is 18.2 Å². The van der Waals surface area contributed by atoms with E-state index in [-0.39, 0.29) is 5.54 Å². The van der Waals surface area contributed by atoms with Gasteiger partial charge in [-0.05, 0) is 58.3 Å². The summed E-state index contributed by atoms with van der Waals surface area (Å²) < 4.78 is 5.47. The van der Waals surface area contributed by atoms with E-state index in [1.807, 2.05) is 12.1 Å².